The quantitative estimate of drug-likeness (QED) is 0.355. The number of fused-ring (bicyclic) bond motifs is 2. The van der Waals surface area contributed by atoms with Gasteiger partial charge in [0.2, 0.25) is 5.91 Å². The molecule has 4 N–H and O–H groups in total. The van der Waals surface area contributed by atoms with Crippen molar-refractivity contribution in [3.63, 3.8) is 0 Å². The predicted octanol–water partition coefficient (Wildman–Crippen LogP) is -2.41. The summed E-state index contributed by atoms with van der Waals surface area (Å²) >= 11 is 0. The van der Waals surface area contributed by atoms with Crippen molar-refractivity contribution in [3.05, 3.63) is 0 Å². The second kappa shape index (κ2) is 2.18. The van der Waals surface area contributed by atoms with E-state index in [1.165, 1.54) is 0 Å². The van der Waals surface area contributed by atoms with E-state index in [1.54, 1.807) is 0 Å². The lowest BCUT2D eigenvalue weighted by atomic mass is 9.96. The van der Waals surface area contributed by atoms with Crippen molar-refractivity contribution in [3.8, 4) is 0 Å². The Morgan fingerprint density at radius 3 is 2.67 bits per heavy atom. The summed E-state index contributed by atoms with van der Waals surface area (Å²) in [5.74, 6) is -0.825. The van der Waals surface area contributed by atoms with E-state index >= 15 is 0 Å². The molecule has 0 spiro atoms. The summed E-state index contributed by atoms with van der Waals surface area (Å²) < 4.78 is 0. The van der Waals surface area contributed by atoms with E-state index in [0.29, 0.717) is 6.42 Å². The molecule has 2 bridgehead atoms. The van der Waals surface area contributed by atoms with Crippen LogP contribution in [0.15, 0.2) is 0 Å². The summed E-state index contributed by atoms with van der Waals surface area (Å²) in [5.41, 5.74) is -0.985. The number of aliphatic hydroxyl groups is 3. The van der Waals surface area contributed by atoms with E-state index in [9.17, 15) is 15.0 Å². The third-order valence-electron chi connectivity index (χ3n) is 2.88. The van der Waals surface area contributed by atoms with Gasteiger partial charge in [0.05, 0.1) is 24.2 Å². The fourth-order valence-electron chi connectivity index (χ4n) is 2.09. The minimum absolute atomic E-state index is 0.276. The number of rotatable bonds is 1. The van der Waals surface area contributed by atoms with Crippen LogP contribution in [0.5, 0.6) is 0 Å². The molecule has 2 rings (SSSR count). The van der Waals surface area contributed by atoms with Crippen molar-refractivity contribution in [2.45, 2.75) is 24.2 Å². The average molecular weight is 173 g/mol. The van der Waals surface area contributed by atoms with Gasteiger partial charge in [-0.3, -0.25) is 4.79 Å². The molecule has 0 aromatic heterocycles. The Labute approximate surface area is 69.0 Å². The van der Waals surface area contributed by atoms with Crippen LogP contribution in [0.25, 0.3) is 0 Å². The van der Waals surface area contributed by atoms with Crippen molar-refractivity contribution in [1.29, 1.82) is 0 Å². The van der Waals surface area contributed by atoms with Crippen molar-refractivity contribution >= 4 is 5.91 Å². The van der Waals surface area contributed by atoms with Gasteiger partial charge in [-0.15, -0.1) is 0 Å². The van der Waals surface area contributed by atoms with E-state index in [2.05, 4.69) is 5.32 Å². The molecule has 4 atom stereocenters. The molecule has 0 aromatic rings. The number of carbonyl (C=O) groups is 1. The van der Waals surface area contributed by atoms with Gasteiger partial charge in [-0.25, -0.2) is 0 Å². The topological polar surface area (TPSA) is 89.8 Å². The Bertz CT molecular complexity index is 231. The Hall–Kier alpha value is -0.650. The minimum atomic E-state index is -1.04. The summed E-state index contributed by atoms with van der Waals surface area (Å²) in [7, 11) is 0. The van der Waals surface area contributed by atoms with Crippen LogP contribution in [0.4, 0.5) is 0 Å². The van der Waals surface area contributed by atoms with Gasteiger partial charge in [-0.1, -0.05) is 0 Å². The average Bonchev–Trinajstić information content (AvgIpc) is 2.50. The van der Waals surface area contributed by atoms with Crippen LogP contribution in [-0.2, 0) is 4.79 Å². The van der Waals surface area contributed by atoms with E-state index in [4.69, 9.17) is 5.11 Å². The van der Waals surface area contributed by atoms with E-state index < -0.39 is 23.7 Å². The lowest BCUT2D eigenvalue weighted by Gasteiger charge is -2.32. The van der Waals surface area contributed by atoms with Gasteiger partial charge in [-0.05, 0) is 6.42 Å². The fraction of sp³-hybridized carbons (Fsp3) is 0.857. The maximum atomic E-state index is 11.1. The van der Waals surface area contributed by atoms with E-state index in [-0.39, 0.29) is 12.5 Å². The first-order valence-corrected chi connectivity index (χ1v) is 3.90. The Morgan fingerprint density at radius 1 is 1.58 bits per heavy atom. The zero-order valence-electron chi connectivity index (χ0n) is 6.40. The van der Waals surface area contributed by atoms with Crippen LogP contribution in [0, 0.1) is 5.92 Å². The molecule has 5 nitrogen and oxygen atoms in total. The maximum absolute atomic E-state index is 11.1. The lowest BCUT2D eigenvalue weighted by molar-refractivity contribution is -0.135. The number of hydrogen-bond acceptors (Lipinski definition) is 4. The van der Waals surface area contributed by atoms with E-state index in [0.717, 1.165) is 0 Å². The molecular weight excluding hydrogens is 162 g/mol. The zero-order valence-corrected chi connectivity index (χ0v) is 6.40. The van der Waals surface area contributed by atoms with Crippen molar-refractivity contribution in [2.24, 2.45) is 5.92 Å². The van der Waals surface area contributed by atoms with Gasteiger partial charge in [0.15, 0.2) is 0 Å². The Morgan fingerprint density at radius 2 is 2.25 bits per heavy atom. The molecule has 1 saturated heterocycles. The second-order valence-corrected chi connectivity index (χ2v) is 3.55. The number of piperidine rings is 1. The van der Waals surface area contributed by atoms with Crippen LogP contribution < -0.4 is 5.32 Å². The number of aliphatic hydroxyl groups excluding tert-OH is 3. The highest BCUT2D eigenvalue weighted by molar-refractivity contribution is 5.84. The molecule has 1 heterocycles. The largest absolute Gasteiger partial charge is 0.394 e. The molecule has 2 fully saturated rings. The smallest absolute Gasteiger partial charge is 0.226 e. The van der Waals surface area contributed by atoms with Gasteiger partial charge in [-0.2, -0.15) is 0 Å². The van der Waals surface area contributed by atoms with Gasteiger partial charge < -0.3 is 20.6 Å². The highest BCUT2D eigenvalue weighted by Crippen LogP contribution is 2.40. The van der Waals surface area contributed by atoms with Crippen LogP contribution in [0.3, 0.4) is 0 Å². The van der Waals surface area contributed by atoms with Crippen molar-refractivity contribution in [2.75, 3.05) is 6.61 Å². The molecule has 1 saturated carbocycles. The molecule has 12 heavy (non-hydrogen) atoms. The summed E-state index contributed by atoms with van der Waals surface area (Å²) in [6.45, 7) is -0.326. The molecular formula is C7H11NO4. The first-order chi connectivity index (χ1) is 5.60. The first-order valence-electron chi connectivity index (χ1n) is 3.90. The van der Waals surface area contributed by atoms with Crippen LogP contribution >= 0.6 is 0 Å². The van der Waals surface area contributed by atoms with Gasteiger partial charge in [0.1, 0.15) is 6.10 Å². The lowest BCUT2D eigenvalue weighted by Crippen LogP contribution is -2.59. The number of hydrogen-bond donors (Lipinski definition) is 4. The summed E-state index contributed by atoms with van der Waals surface area (Å²) in [5, 5.41) is 30.2. The predicted molar refractivity (Wildman–Crippen MR) is 38.1 cm³/mol. The molecule has 0 aromatic carbocycles. The fourth-order valence-corrected chi connectivity index (χ4v) is 2.09. The monoisotopic (exact) mass is 173 g/mol. The molecule has 5 heteroatoms. The number of amides is 1. The molecule has 1 aliphatic heterocycles. The van der Waals surface area contributed by atoms with Gasteiger partial charge in [0, 0.05) is 0 Å². The standard InChI is InChI=1S/C7H11NO4/c9-2-7-1-3(6(12)8-7)4(10)5(7)11/h3-5,9-11H,1-2H2,(H,8,12). The van der Waals surface area contributed by atoms with Crippen molar-refractivity contribution < 1.29 is 20.1 Å². The zero-order chi connectivity index (χ0) is 8.93. The third-order valence-corrected chi connectivity index (χ3v) is 2.88. The normalized spacial score (nSPS) is 51.2. The number of nitrogens with one attached hydrogen (secondary N) is 1. The van der Waals surface area contributed by atoms with Crippen LogP contribution in [0.2, 0.25) is 0 Å². The highest BCUT2D eigenvalue weighted by atomic mass is 16.3. The SMILES string of the molecule is O=C1NC2(CO)CC1C(O)C2O. The summed E-state index contributed by atoms with van der Waals surface area (Å²) in [4.78, 5) is 11.1. The van der Waals surface area contributed by atoms with Crippen LogP contribution in [0.1, 0.15) is 6.42 Å². The molecule has 0 radical (unpaired) electrons. The number of carbonyl (C=O) groups excluding carboxylic acids is 1. The molecule has 2 aliphatic rings. The van der Waals surface area contributed by atoms with Crippen LogP contribution in [-0.4, -0.2) is 45.6 Å². The minimum Gasteiger partial charge on any atom is -0.394 e. The molecule has 4 unspecified atom stereocenters. The Kier molecular flexibility index (Phi) is 1.45. The summed E-state index contributed by atoms with van der Waals surface area (Å²) in [6, 6.07) is 0. The van der Waals surface area contributed by atoms with Gasteiger partial charge in [0.25, 0.3) is 0 Å². The maximum Gasteiger partial charge on any atom is 0.226 e. The molecule has 1 aliphatic carbocycles. The Balaban J connectivity index is 2.32. The molecule has 1 amide bonds. The first kappa shape index (κ1) is 7.97. The van der Waals surface area contributed by atoms with E-state index in [1.807, 2.05) is 0 Å². The highest BCUT2D eigenvalue weighted by Gasteiger charge is 2.61. The van der Waals surface area contributed by atoms with Gasteiger partial charge >= 0.3 is 0 Å². The third kappa shape index (κ3) is 0.708. The second-order valence-electron chi connectivity index (χ2n) is 3.55. The van der Waals surface area contributed by atoms with Crippen molar-refractivity contribution in [1.82, 2.24) is 5.32 Å². The summed E-state index contributed by atoms with van der Waals surface area (Å²) in [6.07, 6.45) is -1.74. The molecule has 68 valence electrons.